The van der Waals surface area contributed by atoms with Crippen molar-refractivity contribution in [3.8, 4) is 0 Å². The van der Waals surface area contributed by atoms with Crippen LogP contribution in [0.15, 0.2) is 83.1 Å². The third-order valence-corrected chi connectivity index (χ3v) is 6.82. The molecule has 0 spiro atoms. The molecular weight excluding hydrogens is 374 g/mol. The molecule has 0 fully saturated rings. The molecule has 1 unspecified atom stereocenters. The molecule has 1 aromatic rings. The average Bonchev–Trinajstić information content (AvgIpc) is 2.77. The summed E-state index contributed by atoms with van der Waals surface area (Å²) in [5.41, 5.74) is 8.55. The lowest BCUT2D eigenvalue weighted by Crippen LogP contribution is -2.29. The van der Waals surface area contributed by atoms with Gasteiger partial charge in [0.1, 0.15) is 0 Å². The van der Waals surface area contributed by atoms with Gasteiger partial charge in [0.05, 0.1) is 0 Å². The summed E-state index contributed by atoms with van der Waals surface area (Å²) < 4.78 is 0. The highest BCUT2D eigenvalue weighted by atomic mass is 15.1. The average molecular weight is 418 g/mol. The van der Waals surface area contributed by atoms with E-state index in [1.54, 1.807) is 0 Å². The molecule has 1 heterocycles. The number of hydrogen-bond acceptors (Lipinski definition) is 1. The quantitative estimate of drug-likeness (QED) is 0.362. The van der Waals surface area contributed by atoms with Gasteiger partial charge in [0.2, 0.25) is 0 Å². The van der Waals surface area contributed by atoms with Crippen molar-refractivity contribution in [2.75, 3.05) is 11.4 Å². The third-order valence-electron chi connectivity index (χ3n) is 6.82. The highest BCUT2D eigenvalue weighted by Gasteiger charge is 2.26. The Labute approximate surface area is 191 Å². The van der Waals surface area contributed by atoms with E-state index in [1.807, 2.05) is 0 Å². The summed E-state index contributed by atoms with van der Waals surface area (Å²) in [6.07, 6.45) is 17.2. The van der Waals surface area contributed by atoms with Crippen molar-refractivity contribution in [3.63, 3.8) is 0 Å². The lowest BCUT2D eigenvalue weighted by atomic mass is 9.85. The molecule has 0 aliphatic carbocycles. The number of allylic oxidation sites excluding steroid dienone is 8. The minimum Gasteiger partial charge on any atom is -0.337 e. The zero-order valence-corrected chi connectivity index (χ0v) is 21.1. The predicted octanol–water partition coefficient (Wildman–Crippen LogP) is 9.13. The van der Waals surface area contributed by atoms with Crippen LogP contribution in [0.25, 0.3) is 0 Å². The molecule has 1 heteroatoms. The Hall–Kier alpha value is -2.28. The predicted molar refractivity (Wildman–Crippen MR) is 140 cm³/mol. The molecule has 1 nitrogen and oxygen atoms in total. The zero-order valence-electron chi connectivity index (χ0n) is 21.1. The van der Waals surface area contributed by atoms with Gasteiger partial charge in [0.25, 0.3) is 0 Å². The van der Waals surface area contributed by atoms with Crippen molar-refractivity contribution in [3.05, 3.63) is 88.7 Å². The smallest absolute Gasteiger partial charge is 0.0452 e. The highest BCUT2D eigenvalue weighted by molar-refractivity contribution is 5.67. The van der Waals surface area contributed by atoms with Crippen LogP contribution in [0.1, 0.15) is 86.1 Å². The molecule has 0 N–H and O–H groups in total. The second-order valence-electron chi connectivity index (χ2n) is 9.53. The number of nitrogens with zero attached hydrogens (tertiary/aromatic N) is 1. The number of fused-ring (bicyclic) bond motifs is 1. The van der Waals surface area contributed by atoms with Crippen molar-refractivity contribution < 1.29 is 0 Å². The first-order valence-electron chi connectivity index (χ1n) is 12.0. The molecule has 1 atom stereocenters. The number of hydrogen-bond donors (Lipinski definition) is 0. The van der Waals surface area contributed by atoms with Crippen molar-refractivity contribution in [1.29, 1.82) is 0 Å². The van der Waals surface area contributed by atoms with Gasteiger partial charge in [0, 0.05) is 23.8 Å². The van der Waals surface area contributed by atoms with Crippen LogP contribution < -0.4 is 4.90 Å². The third kappa shape index (κ3) is 6.35. The molecule has 1 aliphatic heterocycles. The van der Waals surface area contributed by atoms with Gasteiger partial charge in [-0.1, -0.05) is 89.6 Å². The first-order chi connectivity index (χ1) is 14.8. The number of para-hydroxylation sites is 1. The number of anilines is 1. The van der Waals surface area contributed by atoms with E-state index in [1.165, 1.54) is 40.1 Å². The Morgan fingerprint density at radius 3 is 2.48 bits per heavy atom. The highest BCUT2D eigenvalue weighted by Crippen LogP contribution is 2.41. The van der Waals surface area contributed by atoms with Crippen LogP contribution in [-0.4, -0.2) is 6.54 Å². The monoisotopic (exact) mass is 417 g/mol. The van der Waals surface area contributed by atoms with Crippen LogP contribution in [0.4, 0.5) is 5.69 Å². The molecule has 0 amide bonds. The maximum atomic E-state index is 2.50. The van der Waals surface area contributed by atoms with Gasteiger partial charge in [0.15, 0.2) is 0 Å². The van der Waals surface area contributed by atoms with E-state index >= 15 is 0 Å². The van der Waals surface area contributed by atoms with Gasteiger partial charge < -0.3 is 4.90 Å². The van der Waals surface area contributed by atoms with E-state index in [9.17, 15) is 0 Å². The van der Waals surface area contributed by atoms with E-state index in [4.69, 9.17) is 0 Å². The fraction of sp³-hybridized carbons (Fsp3) is 0.467. The summed E-state index contributed by atoms with van der Waals surface area (Å²) in [6.45, 7) is 19.0. The summed E-state index contributed by atoms with van der Waals surface area (Å²) in [4.78, 5) is 2.50. The van der Waals surface area contributed by atoms with E-state index in [0.717, 1.165) is 19.4 Å². The largest absolute Gasteiger partial charge is 0.337 e. The lowest BCUT2D eigenvalue weighted by Gasteiger charge is -2.36. The summed E-state index contributed by atoms with van der Waals surface area (Å²) in [7, 11) is 0. The van der Waals surface area contributed by atoms with E-state index in [2.05, 4.69) is 121 Å². The standard InChI is InChI=1S/C30H43N/c1-9-12-16-26(10-2)23(4)20-22-31-28(19-15-21-30(7,8)11-3)25(6)24(5)27-17-13-14-18-29(27)31/h10,12-20,24H,9,11,21-22H2,1-8H3/b16-12-,19-15-,23-20+,26-10+. The van der Waals surface area contributed by atoms with Crippen LogP contribution in [0.2, 0.25) is 0 Å². The molecule has 168 valence electrons. The Morgan fingerprint density at radius 1 is 1.13 bits per heavy atom. The summed E-state index contributed by atoms with van der Waals surface area (Å²) >= 11 is 0. The maximum absolute atomic E-state index is 2.50. The van der Waals surface area contributed by atoms with E-state index in [-0.39, 0.29) is 0 Å². The van der Waals surface area contributed by atoms with Crippen LogP contribution >= 0.6 is 0 Å². The maximum Gasteiger partial charge on any atom is 0.0452 e. The first-order valence-corrected chi connectivity index (χ1v) is 12.0. The first kappa shape index (κ1) is 25.0. The summed E-state index contributed by atoms with van der Waals surface area (Å²) in [5.74, 6) is 0.440. The summed E-state index contributed by atoms with van der Waals surface area (Å²) in [6, 6.07) is 8.90. The van der Waals surface area contributed by atoms with Crippen molar-refractivity contribution >= 4 is 5.69 Å². The second-order valence-corrected chi connectivity index (χ2v) is 9.53. The van der Waals surface area contributed by atoms with Gasteiger partial charge in [-0.25, -0.2) is 0 Å². The normalized spacial score (nSPS) is 18.5. The molecule has 31 heavy (non-hydrogen) atoms. The fourth-order valence-corrected chi connectivity index (χ4v) is 4.00. The van der Waals surface area contributed by atoms with Crippen molar-refractivity contribution in [2.24, 2.45) is 5.41 Å². The molecule has 0 aromatic heterocycles. The Morgan fingerprint density at radius 2 is 1.84 bits per heavy atom. The Kier molecular flexibility index (Phi) is 9.16. The molecule has 1 aromatic carbocycles. The minimum absolute atomic E-state index is 0.344. The van der Waals surface area contributed by atoms with Crippen molar-refractivity contribution in [2.45, 2.75) is 80.6 Å². The SMILES string of the molecule is C/C=C(\C=C/CC)C(/C)=C/CN1C(/C=C\CC(C)(C)CC)=C(C)C(C)c2ccccc21. The molecule has 1 aliphatic rings. The molecule has 0 saturated heterocycles. The topological polar surface area (TPSA) is 3.24 Å². The van der Waals surface area contributed by atoms with Crippen molar-refractivity contribution in [1.82, 2.24) is 0 Å². The number of rotatable bonds is 9. The fourth-order valence-electron chi connectivity index (χ4n) is 4.00. The second kappa shape index (κ2) is 11.4. The lowest BCUT2D eigenvalue weighted by molar-refractivity contribution is 0.357. The Balaban J connectivity index is 2.42. The van der Waals surface area contributed by atoms with Gasteiger partial charge >= 0.3 is 0 Å². The zero-order chi connectivity index (χ0) is 23.0. The van der Waals surface area contributed by atoms with Gasteiger partial charge in [-0.05, 0) is 73.5 Å². The van der Waals surface area contributed by atoms with Crippen LogP contribution in [0.5, 0.6) is 0 Å². The summed E-state index contributed by atoms with van der Waals surface area (Å²) in [5, 5.41) is 0. The Bertz CT molecular complexity index is 889. The van der Waals surface area contributed by atoms with Crippen LogP contribution in [-0.2, 0) is 0 Å². The van der Waals surface area contributed by atoms with Gasteiger partial charge in [-0.3, -0.25) is 0 Å². The van der Waals surface area contributed by atoms with Crippen LogP contribution in [0.3, 0.4) is 0 Å². The minimum atomic E-state index is 0.344. The van der Waals surface area contributed by atoms with Crippen LogP contribution in [0, 0.1) is 5.41 Å². The molecular formula is C30H43N. The van der Waals surface area contributed by atoms with Gasteiger partial charge in [-0.15, -0.1) is 0 Å². The molecule has 2 rings (SSSR count). The van der Waals surface area contributed by atoms with E-state index < -0.39 is 0 Å². The number of benzene rings is 1. The van der Waals surface area contributed by atoms with E-state index in [0.29, 0.717) is 11.3 Å². The van der Waals surface area contributed by atoms with Gasteiger partial charge in [-0.2, -0.15) is 0 Å². The molecule has 0 bridgehead atoms. The molecule has 0 saturated carbocycles. The molecule has 0 radical (unpaired) electrons.